The molecule has 1 aromatic carbocycles. The molecule has 30 heavy (non-hydrogen) atoms. The van der Waals surface area contributed by atoms with E-state index in [0.717, 1.165) is 48.0 Å². The number of fused-ring (bicyclic) bond motifs is 1. The summed E-state index contributed by atoms with van der Waals surface area (Å²) < 4.78 is 5.41. The molecule has 1 N–H and O–H groups in total. The average molecular weight is 409 g/mol. The van der Waals surface area contributed by atoms with Crippen LogP contribution in [-0.2, 0) is 4.79 Å². The molecule has 1 aromatic heterocycles. The minimum absolute atomic E-state index is 0.0208. The van der Waals surface area contributed by atoms with Gasteiger partial charge in [0.2, 0.25) is 5.91 Å². The Morgan fingerprint density at radius 3 is 2.43 bits per heavy atom. The van der Waals surface area contributed by atoms with Crippen molar-refractivity contribution in [1.82, 2.24) is 14.8 Å². The zero-order valence-electron chi connectivity index (χ0n) is 17.4. The number of methoxy groups -OCH3 is 1. The standard InChI is InChI=1S/C23H28N4O3/c1-30-17-7-8-20-18(13-17)21(25-16-3-2-4-16)19(14-24-20)23(29)27-11-9-26(10-12-27)22(28)15-5-6-15/h7-8,13-16H,2-6,9-12H2,1H3,(H,24,25). The molecule has 0 atom stereocenters. The maximum Gasteiger partial charge on any atom is 0.257 e. The van der Waals surface area contributed by atoms with Gasteiger partial charge in [0.05, 0.1) is 23.9 Å². The van der Waals surface area contributed by atoms with Crippen molar-refractivity contribution in [3.63, 3.8) is 0 Å². The lowest BCUT2D eigenvalue weighted by Gasteiger charge is -2.35. The number of hydrogen-bond acceptors (Lipinski definition) is 5. The Balaban J connectivity index is 1.41. The van der Waals surface area contributed by atoms with Crippen molar-refractivity contribution in [1.29, 1.82) is 0 Å². The number of nitrogens with one attached hydrogen (secondary N) is 1. The Kier molecular flexibility index (Phi) is 4.97. The molecule has 0 bridgehead atoms. The molecule has 3 aliphatic rings. The highest BCUT2D eigenvalue weighted by Crippen LogP contribution is 2.34. The molecule has 7 heteroatoms. The second kappa shape index (κ2) is 7.78. The van der Waals surface area contributed by atoms with E-state index >= 15 is 0 Å². The van der Waals surface area contributed by atoms with Crippen LogP contribution in [0.25, 0.3) is 10.9 Å². The summed E-state index contributed by atoms with van der Waals surface area (Å²) in [7, 11) is 1.64. The third-order valence-corrected chi connectivity index (χ3v) is 6.56. The maximum atomic E-state index is 13.4. The highest BCUT2D eigenvalue weighted by atomic mass is 16.5. The summed E-state index contributed by atoms with van der Waals surface area (Å²) in [5.41, 5.74) is 2.30. The van der Waals surface area contributed by atoms with Gasteiger partial charge in [-0.15, -0.1) is 0 Å². The Morgan fingerprint density at radius 2 is 1.80 bits per heavy atom. The van der Waals surface area contributed by atoms with E-state index in [1.165, 1.54) is 6.42 Å². The van der Waals surface area contributed by atoms with Gasteiger partial charge in [0.25, 0.3) is 5.91 Å². The van der Waals surface area contributed by atoms with Crippen molar-refractivity contribution in [3.05, 3.63) is 30.0 Å². The summed E-state index contributed by atoms with van der Waals surface area (Å²) >= 11 is 0. The van der Waals surface area contributed by atoms with Crippen LogP contribution < -0.4 is 10.1 Å². The Labute approximate surface area is 176 Å². The molecule has 1 saturated heterocycles. The summed E-state index contributed by atoms with van der Waals surface area (Å²) in [4.78, 5) is 34.1. The number of anilines is 1. The predicted octanol–water partition coefficient (Wildman–Crippen LogP) is 2.90. The van der Waals surface area contributed by atoms with Crippen LogP contribution in [0.5, 0.6) is 5.75 Å². The van der Waals surface area contributed by atoms with Crippen molar-refractivity contribution in [2.75, 3.05) is 38.6 Å². The largest absolute Gasteiger partial charge is 0.497 e. The molecule has 2 aromatic rings. The predicted molar refractivity (Wildman–Crippen MR) is 115 cm³/mol. The lowest BCUT2D eigenvalue weighted by atomic mass is 9.92. The summed E-state index contributed by atoms with van der Waals surface area (Å²) in [5.74, 6) is 1.21. The number of carbonyl (C=O) groups is 2. The second-order valence-electron chi connectivity index (χ2n) is 8.59. The van der Waals surface area contributed by atoms with Gasteiger partial charge in [-0.3, -0.25) is 14.6 Å². The summed E-state index contributed by atoms with van der Waals surface area (Å²) in [6, 6.07) is 6.16. The molecule has 1 aliphatic heterocycles. The first-order valence-corrected chi connectivity index (χ1v) is 11.0. The number of rotatable bonds is 5. The molecule has 0 unspecified atom stereocenters. The van der Waals surface area contributed by atoms with Crippen LogP contribution >= 0.6 is 0 Å². The van der Waals surface area contributed by atoms with Gasteiger partial charge in [0.1, 0.15) is 5.75 Å². The number of hydrogen-bond donors (Lipinski definition) is 1. The molecule has 2 saturated carbocycles. The summed E-state index contributed by atoms with van der Waals surface area (Å²) in [6.07, 6.45) is 7.16. The van der Waals surface area contributed by atoms with Crippen molar-refractivity contribution in [3.8, 4) is 5.75 Å². The van der Waals surface area contributed by atoms with Gasteiger partial charge in [0.15, 0.2) is 0 Å². The molecule has 5 rings (SSSR count). The second-order valence-corrected chi connectivity index (χ2v) is 8.59. The van der Waals surface area contributed by atoms with E-state index in [1.54, 1.807) is 13.3 Å². The molecule has 7 nitrogen and oxygen atoms in total. The lowest BCUT2D eigenvalue weighted by molar-refractivity contribution is -0.134. The average Bonchev–Trinajstić information content (AvgIpc) is 3.60. The van der Waals surface area contributed by atoms with Gasteiger partial charge in [0, 0.05) is 49.7 Å². The first-order valence-electron chi connectivity index (χ1n) is 11.0. The minimum Gasteiger partial charge on any atom is -0.497 e. The van der Waals surface area contributed by atoms with E-state index in [-0.39, 0.29) is 17.7 Å². The number of carbonyl (C=O) groups excluding carboxylic acids is 2. The van der Waals surface area contributed by atoms with Crippen molar-refractivity contribution < 1.29 is 14.3 Å². The first-order chi connectivity index (χ1) is 14.6. The lowest BCUT2D eigenvalue weighted by Crippen LogP contribution is -2.51. The molecule has 158 valence electrons. The van der Waals surface area contributed by atoms with E-state index in [9.17, 15) is 9.59 Å². The number of nitrogens with zero attached hydrogens (tertiary/aromatic N) is 3. The van der Waals surface area contributed by atoms with Crippen molar-refractivity contribution >= 4 is 28.4 Å². The number of aromatic nitrogens is 1. The maximum absolute atomic E-state index is 13.4. The van der Waals surface area contributed by atoms with Crippen LogP contribution in [0.1, 0.15) is 42.5 Å². The van der Waals surface area contributed by atoms with Gasteiger partial charge >= 0.3 is 0 Å². The van der Waals surface area contributed by atoms with E-state index < -0.39 is 0 Å². The highest BCUT2D eigenvalue weighted by Gasteiger charge is 2.35. The van der Waals surface area contributed by atoms with E-state index in [2.05, 4.69) is 10.3 Å². The van der Waals surface area contributed by atoms with Gasteiger partial charge in [-0.25, -0.2) is 0 Å². The van der Waals surface area contributed by atoms with Gasteiger partial charge in [-0.1, -0.05) is 0 Å². The highest BCUT2D eigenvalue weighted by molar-refractivity contribution is 6.07. The Bertz CT molecular complexity index is 976. The normalized spacial score (nSPS) is 19.5. The first kappa shape index (κ1) is 19.2. The van der Waals surface area contributed by atoms with E-state index in [0.29, 0.717) is 37.8 Å². The molecule has 3 fully saturated rings. The van der Waals surface area contributed by atoms with Crippen LogP contribution in [0.3, 0.4) is 0 Å². The molecule has 0 spiro atoms. The molecule has 2 heterocycles. The fourth-order valence-corrected chi connectivity index (χ4v) is 4.26. The van der Waals surface area contributed by atoms with E-state index in [1.807, 2.05) is 28.0 Å². The van der Waals surface area contributed by atoms with Crippen LogP contribution in [-0.4, -0.2) is 65.9 Å². The molecular formula is C23H28N4O3. The van der Waals surface area contributed by atoms with Crippen LogP contribution in [0.15, 0.2) is 24.4 Å². The van der Waals surface area contributed by atoms with Crippen LogP contribution in [0.4, 0.5) is 5.69 Å². The van der Waals surface area contributed by atoms with Crippen molar-refractivity contribution in [2.45, 2.75) is 38.1 Å². The zero-order valence-corrected chi connectivity index (χ0v) is 17.4. The monoisotopic (exact) mass is 408 g/mol. The number of piperazine rings is 1. The molecule has 2 amide bonds. The Hall–Kier alpha value is -2.83. The van der Waals surface area contributed by atoms with Gasteiger partial charge < -0.3 is 19.9 Å². The number of benzene rings is 1. The number of amides is 2. The van der Waals surface area contributed by atoms with Crippen molar-refractivity contribution in [2.24, 2.45) is 5.92 Å². The minimum atomic E-state index is -0.0208. The molecular weight excluding hydrogens is 380 g/mol. The molecule has 2 aliphatic carbocycles. The quantitative estimate of drug-likeness (QED) is 0.823. The van der Waals surface area contributed by atoms with Gasteiger partial charge in [-0.05, 0) is 50.3 Å². The smallest absolute Gasteiger partial charge is 0.257 e. The fraction of sp³-hybridized carbons (Fsp3) is 0.522. The third kappa shape index (κ3) is 3.57. The van der Waals surface area contributed by atoms with Gasteiger partial charge in [-0.2, -0.15) is 0 Å². The number of pyridine rings is 1. The van der Waals surface area contributed by atoms with Crippen LogP contribution in [0.2, 0.25) is 0 Å². The Morgan fingerprint density at radius 1 is 1.07 bits per heavy atom. The van der Waals surface area contributed by atoms with E-state index in [4.69, 9.17) is 4.74 Å². The summed E-state index contributed by atoms with van der Waals surface area (Å²) in [5, 5.41) is 4.52. The van der Waals surface area contributed by atoms with Crippen LogP contribution in [0, 0.1) is 5.92 Å². The topological polar surface area (TPSA) is 74.8 Å². The zero-order chi connectivity index (χ0) is 20.7. The number of ether oxygens (including phenoxy) is 1. The third-order valence-electron chi connectivity index (χ3n) is 6.56. The SMILES string of the molecule is COc1ccc2ncc(C(=O)N3CCN(C(=O)C4CC4)CC3)c(NC3CCC3)c2c1. The summed E-state index contributed by atoms with van der Waals surface area (Å²) in [6.45, 7) is 2.36. The fourth-order valence-electron chi connectivity index (χ4n) is 4.26. The molecule has 0 radical (unpaired) electrons.